The van der Waals surface area contributed by atoms with E-state index in [9.17, 15) is 13.8 Å². The zero-order valence-electron chi connectivity index (χ0n) is 12.0. The summed E-state index contributed by atoms with van der Waals surface area (Å²) in [6.45, 7) is 5.03. The molecule has 0 fully saturated rings. The van der Waals surface area contributed by atoms with Gasteiger partial charge in [0.25, 0.3) is 5.91 Å². The molecule has 1 aromatic rings. The fourth-order valence-electron chi connectivity index (χ4n) is 1.56. The summed E-state index contributed by atoms with van der Waals surface area (Å²) in [5.74, 6) is -1.06. The monoisotopic (exact) mass is 351 g/mol. The van der Waals surface area contributed by atoms with E-state index in [-0.39, 0.29) is 10.1 Å². The van der Waals surface area contributed by atoms with Crippen molar-refractivity contribution in [2.75, 3.05) is 0 Å². The molecular weight excluding hydrogens is 334 g/mol. The summed E-state index contributed by atoms with van der Waals surface area (Å²) in [5, 5.41) is 1.91. The molecule has 0 radical (unpaired) electrons. The van der Waals surface area contributed by atoms with Gasteiger partial charge in [-0.2, -0.15) is 0 Å². The molecular formula is C12H18ClN3O3S2. The highest BCUT2D eigenvalue weighted by Crippen LogP contribution is 2.25. The minimum absolute atomic E-state index is 0.201. The zero-order valence-corrected chi connectivity index (χ0v) is 14.3. The molecule has 0 aromatic carbocycles. The number of thiophene rings is 1. The minimum Gasteiger partial charge on any atom is -0.320 e. The van der Waals surface area contributed by atoms with E-state index in [1.807, 2.05) is 13.8 Å². The van der Waals surface area contributed by atoms with E-state index in [0.29, 0.717) is 11.4 Å². The summed E-state index contributed by atoms with van der Waals surface area (Å²) in [4.78, 5) is 23.3. The number of rotatable bonds is 5. The molecule has 2 atom stereocenters. The Hall–Kier alpha value is -0.960. The Kier molecular flexibility index (Phi) is 6.33. The summed E-state index contributed by atoms with van der Waals surface area (Å²) in [6, 6.07) is 0.560. The van der Waals surface area contributed by atoms with Gasteiger partial charge in [0, 0.05) is 12.3 Å². The number of halogens is 1. The Labute approximate surface area is 133 Å². The fourth-order valence-corrected chi connectivity index (χ4v) is 4.62. The van der Waals surface area contributed by atoms with Crippen LogP contribution < -0.4 is 10.5 Å². The summed E-state index contributed by atoms with van der Waals surface area (Å²) in [6.07, 6.45) is 0.420. The molecule has 2 unspecified atom stereocenters. The van der Waals surface area contributed by atoms with Crippen molar-refractivity contribution in [1.82, 2.24) is 4.72 Å². The number of nitrogens with zero attached hydrogens (tertiary/aromatic N) is 1. The van der Waals surface area contributed by atoms with Crippen molar-refractivity contribution in [2.45, 2.75) is 37.4 Å². The van der Waals surface area contributed by atoms with Gasteiger partial charge < -0.3 is 5.73 Å². The molecule has 0 saturated carbocycles. The normalized spacial score (nSPS) is 15.3. The molecule has 2 amide bonds. The second kappa shape index (κ2) is 7.35. The van der Waals surface area contributed by atoms with Gasteiger partial charge in [-0.1, -0.05) is 25.4 Å². The first-order chi connectivity index (χ1) is 9.64. The third kappa shape index (κ3) is 5.39. The molecule has 0 aliphatic carbocycles. The van der Waals surface area contributed by atoms with E-state index < -0.39 is 27.8 Å². The largest absolute Gasteiger partial charge is 0.320 e. The van der Waals surface area contributed by atoms with Crippen LogP contribution in [0.15, 0.2) is 20.0 Å². The Bertz CT molecular complexity index is 648. The summed E-state index contributed by atoms with van der Waals surface area (Å²) >= 11 is 6.85. The molecule has 0 saturated heterocycles. The highest BCUT2D eigenvalue weighted by Gasteiger charge is 2.22. The third-order valence-corrected chi connectivity index (χ3v) is 6.06. The maximum atomic E-state index is 12.8. The van der Waals surface area contributed by atoms with Crippen molar-refractivity contribution in [2.24, 2.45) is 16.0 Å². The molecule has 0 spiro atoms. The van der Waals surface area contributed by atoms with Crippen LogP contribution in [-0.4, -0.2) is 22.1 Å². The van der Waals surface area contributed by atoms with Crippen molar-refractivity contribution in [3.63, 3.8) is 0 Å². The fraction of sp³-hybridized carbons (Fsp3) is 0.500. The average molecular weight is 352 g/mol. The van der Waals surface area contributed by atoms with Gasteiger partial charge in [-0.25, -0.2) is 4.21 Å². The Morgan fingerprint density at radius 3 is 2.57 bits per heavy atom. The lowest BCUT2D eigenvalue weighted by Crippen LogP contribution is -2.34. The van der Waals surface area contributed by atoms with Gasteiger partial charge in [-0.15, -0.1) is 15.7 Å². The quantitative estimate of drug-likeness (QED) is 0.848. The molecule has 6 nitrogen and oxygen atoms in total. The van der Waals surface area contributed by atoms with Crippen LogP contribution in [0.3, 0.4) is 0 Å². The maximum Gasteiger partial charge on any atom is 0.272 e. The van der Waals surface area contributed by atoms with E-state index in [1.54, 1.807) is 5.38 Å². The lowest BCUT2D eigenvalue weighted by atomic mass is 10.0. The molecule has 1 rings (SSSR count). The van der Waals surface area contributed by atoms with Crippen molar-refractivity contribution in [3.05, 3.63) is 16.5 Å². The van der Waals surface area contributed by atoms with Gasteiger partial charge in [0.1, 0.15) is 4.21 Å². The van der Waals surface area contributed by atoms with Crippen LogP contribution in [0.2, 0.25) is 5.02 Å². The van der Waals surface area contributed by atoms with Gasteiger partial charge in [0.2, 0.25) is 5.91 Å². The van der Waals surface area contributed by atoms with Crippen molar-refractivity contribution in [3.8, 4) is 0 Å². The minimum atomic E-state index is -3.40. The van der Waals surface area contributed by atoms with Crippen molar-refractivity contribution in [1.29, 1.82) is 0 Å². The predicted octanol–water partition coefficient (Wildman–Crippen LogP) is 2.18. The van der Waals surface area contributed by atoms with Crippen molar-refractivity contribution < 1.29 is 13.8 Å². The number of amides is 2. The maximum absolute atomic E-state index is 12.8. The SMILES string of the molecule is CC(=O)NS(=O)(=NC(=O)C(N)CC(C)C)c1cc(Cl)cs1. The number of hydrogen-bond acceptors (Lipinski definition) is 5. The smallest absolute Gasteiger partial charge is 0.272 e. The standard InChI is InChI=1S/C12H18ClN3O3S2/c1-7(2)4-10(14)12(18)16-21(19,15-8(3)17)11-5-9(13)6-20-11/h5-7,10H,4,14H2,1-3H3,(H,15,16,17,18,19). The molecule has 0 bridgehead atoms. The molecule has 1 aromatic heterocycles. The number of carbonyl (C=O) groups excluding carboxylic acids is 2. The second-order valence-electron chi connectivity index (χ2n) is 4.93. The Morgan fingerprint density at radius 1 is 1.52 bits per heavy atom. The van der Waals surface area contributed by atoms with Gasteiger partial charge >= 0.3 is 0 Å². The van der Waals surface area contributed by atoms with E-state index in [2.05, 4.69) is 9.08 Å². The zero-order chi connectivity index (χ0) is 16.2. The van der Waals surface area contributed by atoms with E-state index in [4.69, 9.17) is 17.3 Å². The third-order valence-electron chi connectivity index (χ3n) is 2.36. The van der Waals surface area contributed by atoms with E-state index >= 15 is 0 Å². The van der Waals surface area contributed by atoms with E-state index in [0.717, 1.165) is 11.3 Å². The van der Waals surface area contributed by atoms with Crippen LogP contribution >= 0.6 is 22.9 Å². The summed E-state index contributed by atoms with van der Waals surface area (Å²) < 4.78 is 18.9. The molecule has 0 aliphatic rings. The van der Waals surface area contributed by atoms with Gasteiger partial charge in [0.15, 0.2) is 9.92 Å². The van der Waals surface area contributed by atoms with Crippen LogP contribution in [0.5, 0.6) is 0 Å². The van der Waals surface area contributed by atoms with Gasteiger partial charge in [-0.05, 0) is 18.4 Å². The topological polar surface area (TPSA) is 102 Å². The summed E-state index contributed by atoms with van der Waals surface area (Å²) in [5.41, 5.74) is 5.74. The van der Waals surface area contributed by atoms with E-state index in [1.165, 1.54) is 13.0 Å². The molecule has 9 heteroatoms. The number of nitrogens with one attached hydrogen (secondary N) is 1. The van der Waals surface area contributed by atoms with Gasteiger partial charge in [0.05, 0.1) is 11.1 Å². The lowest BCUT2D eigenvalue weighted by molar-refractivity contribution is -0.119. The molecule has 0 aliphatic heterocycles. The first-order valence-corrected chi connectivity index (χ1v) is 9.00. The Morgan fingerprint density at radius 2 is 2.14 bits per heavy atom. The molecule has 21 heavy (non-hydrogen) atoms. The first kappa shape index (κ1) is 18.1. The van der Waals surface area contributed by atoms with Crippen LogP contribution in [0.1, 0.15) is 27.2 Å². The van der Waals surface area contributed by atoms with Crippen molar-refractivity contribution >= 4 is 44.7 Å². The number of hydrogen-bond donors (Lipinski definition) is 2. The van der Waals surface area contributed by atoms with Crippen LogP contribution in [-0.2, 0) is 19.5 Å². The summed E-state index contributed by atoms with van der Waals surface area (Å²) in [7, 11) is -3.40. The molecule has 118 valence electrons. The molecule has 3 N–H and O–H groups in total. The number of carbonyl (C=O) groups is 2. The predicted molar refractivity (Wildman–Crippen MR) is 84.4 cm³/mol. The first-order valence-electron chi connectivity index (χ1n) is 6.23. The van der Waals surface area contributed by atoms with Crippen LogP contribution in [0, 0.1) is 5.92 Å². The van der Waals surface area contributed by atoms with Crippen LogP contribution in [0.4, 0.5) is 0 Å². The highest BCUT2D eigenvalue weighted by molar-refractivity contribution is 7.94. The average Bonchev–Trinajstić information content (AvgIpc) is 2.74. The van der Waals surface area contributed by atoms with Gasteiger partial charge in [-0.3, -0.25) is 14.3 Å². The Balaban J connectivity index is 3.19. The number of nitrogens with two attached hydrogens (primary N) is 1. The second-order valence-corrected chi connectivity index (χ2v) is 8.42. The van der Waals surface area contributed by atoms with Crippen LogP contribution in [0.25, 0.3) is 0 Å². The molecule has 1 heterocycles. The highest BCUT2D eigenvalue weighted by atomic mass is 35.5. The lowest BCUT2D eigenvalue weighted by Gasteiger charge is -2.12.